The van der Waals surface area contributed by atoms with Crippen LogP contribution in [0.1, 0.15) is 41.0 Å². The molecular formula is C14H29NO3. The Bertz CT molecular complexity index is 236. The molecule has 0 aliphatic heterocycles. The van der Waals surface area contributed by atoms with Crippen LogP contribution in [0.25, 0.3) is 0 Å². The lowest BCUT2D eigenvalue weighted by atomic mass is 10.1. The highest BCUT2D eigenvalue weighted by Crippen LogP contribution is 2.14. The van der Waals surface area contributed by atoms with Crippen LogP contribution in [-0.4, -0.2) is 46.8 Å². The van der Waals surface area contributed by atoms with Gasteiger partial charge in [-0.25, -0.2) is 0 Å². The highest BCUT2D eigenvalue weighted by molar-refractivity contribution is 4.86. The van der Waals surface area contributed by atoms with Gasteiger partial charge in [-0.1, -0.05) is 26.0 Å². The maximum atomic E-state index is 9.98. The van der Waals surface area contributed by atoms with Crippen molar-refractivity contribution in [2.45, 2.75) is 53.1 Å². The van der Waals surface area contributed by atoms with E-state index < -0.39 is 6.41 Å². The SMILES string of the molecule is CCN(CCC(C)C=CCO)C(O)OC(C)(C)C. The lowest BCUT2D eigenvalue weighted by Gasteiger charge is -2.32. The molecule has 2 unspecified atom stereocenters. The molecule has 0 bridgehead atoms. The van der Waals surface area contributed by atoms with E-state index in [2.05, 4.69) is 6.92 Å². The lowest BCUT2D eigenvalue weighted by Crippen LogP contribution is -2.42. The number of aliphatic hydroxyl groups excluding tert-OH is 2. The Hall–Kier alpha value is -0.420. The van der Waals surface area contributed by atoms with Gasteiger partial charge in [0.15, 0.2) is 0 Å². The van der Waals surface area contributed by atoms with Gasteiger partial charge in [0.1, 0.15) is 0 Å². The summed E-state index contributed by atoms with van der Waals surface area (Å²) in [5.74, 6) is 0.382. The van der Waals surface area contributed by atoms with Gasteiger partial charge < -0.3 is 14.9 Å². The van der Waals surface area contributed by atoms with Crippen LogP contribution >= 0.6 is 0 Å². The summed E-state index contributed by atoms with van der Waals surface area (Å²) in [4.78, 5) is 1.90. The number of hydrogen-bond donors (Lipinski definition) is 2. The van der Waals surface area contributed by atoms with Gasteiger partial charge in [-0.3, -0.25) is 4.90 Å². The molecule has 4 nitrogen and oxygen atoms in total. The summed E-state index contributed by atoms with van der Waals surface area (Å²) in [6.45, 7) is 11.5. The third kappa shape index (κ3) is 8.64. The Balaban J connectivity index is 4.14. The summed E-state index contributed by atoms with van der Waals surface area (Å²) >= 11 is 0. The van der Waals surface area contributed by atoms with Gasteiger partial charge in [0.2, 0.25) is 6.41 Å². The molecule has 0 heterocycles. The molecule has 0 amide bonds. The maximum Gasteiger partial charge on any atom is 0.216 e. The average Bonchev–Trinajstić information content (AvgIpc) is 2.24. The highest BCUT2D eigenvalue weighted by Gasteiger charge is 2.21. The van der Waals surface area contributed by atoms with Gasteiger partial charge in [0.05, 0.1) is 12.2 Å². The fourth-order valence-corrected chi connectivity index (χ4v) is 1.57. The van der Waals surface area contributed by atoms with Crippen molar-refractivity contribution in [2.24, 2.45) is 5.92 Å². The topological polar surface area (TPSA) is 52.9 Å². The Morgan fingerprint density at radius 3 is 2.39 bits per heavy atom. The molecule has 0 radical (unpaired) electrons. The standard InChI is InChI=1S/C14H29NO3/c1-6-15(13(17)18-14(3,4)5)10-9-12(2)8-7-11-16/h7-8,12-13,16-17H,6,9-11H2,1-5H3. The van der Waals surface area contributed by atoms with Crippen molar-refractivity contribution in [1.82, 2.24) is 4.90 Å². The zero-order valence-electron chi connectivity index (χ0n) is 12.4. The predicted molar refractivity (Wildman–Crippen MR) is 74.1 cm³/mol. The maximum absolute atomic E-state index is 9.98. The fraction of sp³-hybridized carbons (Fsp3) is 0.857. The number of rotatable bonds is 8. The minimum atomic E-state index is -0.857. The molecule has 0 rings (SSSR count). The Morgan fingerprint density at radius 2 is 1.94 bits per heavy atom. The molecule has 0 aliphatic carbocycles. The summed E-state index contributed by atoms with van der Waals surface area (Å²) in [6.07, 6.45) is 3.81. The number of hydrogen-bond acceptors (Lipinski definition) is 4. The molecule has 2 N–H and O–H groups in total. The van der Waals surface area contributed by atoms with E-state index in [1.54, 1.807) is 6.08 Å². The first-order valence-electron chi connectivity index (χ1n) is 6.67. The first-order chi connectivity index (χ1) is 8.30. The zero-order chi connectivity index (χ0) is 14.2. The van der Waals surface area contributed by atoms with Crippen molar-refractivity contribution in [3.8, 4) is 0 Å². The van der Waals surface area contributed by atoms with Gasteiger partial charge in [0.25, 0.3) is 0 Å². The number of allylic oxidation sites excluding steroid dienone is 1. The van der Waals surface area contributed by atoms with Crippen LogP contribution in [0.5, 0.6) is 0 Å². The third-order valence-corrected chi connectivity index (χ3v) is 2.62. The van der Waals surface area contributed by atoms with Crippen LogP contribution < -0.4 is 0 Å². The molecule has 2 atom stereocenters. The summed E-state index contributed by atoms with van der Waals surface area (Å²) < 4.78 is 5.53. The normalized spacial score (nSPS) is 16.4. The molecule has 0 saturated carbocycles. The van der Waals surface area contributed by atoms with E-state index in [0.717, 1.165) is 19.5 Å². The van der Waals surface area contributed by atoms with Gasteiger partial charge in [-0.15, -0.1) is 0 Å². The highest BCUT2D eigenvalue weighted by atomic mass is 16.6. The van der Waals surface area contributed by atoms with E-state index in [4.69, 9.17) is 9.84 Å². The quantitative estimate of drug-likeness (QED) is 0.517. The average molecular weight is 259 g/mol. The van der Waals surface area contributed by atoms with Crippen molar-refractivity contribution >= 4 is 0 Å². The molecule has 108 valence electrons. The molecular weight excluding hydrogens is 230 g/mol. The minimum Gasteiger partial charge on any atom is -0.392 e. The minimum absolute atomic E-state index is 0.0809. The van der Waals surface area contributed by atoms with Crippen molar-refractivity contribution in [1.29, 1.82) is 0 Å². The summed E-state index contributed by atoms with van der Waals surface area (Å²) in [5, 5.41) is 18.7. The largest absolute Gasteiger partial charge is 0.392 e. The molecule has 18 heavy (non-hydrogen) atoms. The second-order valence-electron chi connectivity index (χ2n) is 5.56. The van der Waals surface area contributed by atoms with Crippen LogP contribution in [0.4, 0.5) is 0 Å². The van der Waals surface area contributed by atoms with Gasteiger partial charge >= 0.3 is 0 Å². The number of aliphatic hydroxyl groups is 2. The van der Waals surface area contributed by atoms with E-state index in [1.807, 2.05) is 38.7 Å². The Kier molecular flexibility index (Phi) is 8.44. The van der Waals surface area contributed by atoms with Gasteiger partial charge in [0, 0.05) is 6.54 Å². The van der Waals surface area contributed by atoms with Crippen molar-refractivity contribution in [2.75, 3.05) is 19.7 Å². The molecule has 0 aromatic heterocycles. The van der Waals surface area contributed by atoms with Crippen LogP contribution in [0.3, 0.4) is 0 Å². The fourth-order valence-electron chi connectivity index (χ4n) is 1.57. The van der Waals surface area contributed by atoms with Crippen molar-refractivity contribution < 1.29 is 14.9 Å². The van der Waals surface area contributed by atoms with E-state index in [-0.39, 0.29) is 12.2 Å². The van der Waals surface area contributed by atoms with Crippen molar-refractivity contribution in [3.05, 3.63) is 12.2 Å². The molecule has 4 heteroatoms. The molecule has 0 spiro atoms. The van der Waals surface area contributed by atoms with E-state index >= 15 is 0 Å². The third-order valence-electron chi connectivity index (χ3n) is 2.62. The molecule has 0 aromatic carbocycles. The Labute approximate surface area is 111 Å². The monoisotopic (exact) mass is 259 g/mol. The molecule has 0 aromatic rings. The molecule has 0 fully saturated rings. The molecule has 0 saturated heterocycles. The lowest BCUT2D eigenvalue weighted by molar-refractivity contribution is -0.238. The summed E-state index contributed by atoms with van der Waals surface area (Å²) in [7, 11) is 0. The van der Waals surface area contributed by atoms with Crippen molar-refractivity contribution in [3.63, 3.8) is 0 Å². The summed E-state index contributed by atoms with van der Waals surface area (Å²) in [5.41, 5.74) is -0.352. The van der Waals surface area contributed by atoms with Gasteiger partial charge in [-0.05, 0) is 39.7 Å². The van der Waals surface area contributed by atoms with E-state index in [0.29, 0.717) is 5.92 Å². The van der Waals surface area contributed by atoms with Crippen LogP contribution in [0.15, 0.2) is 12.2 Å². The van der Waals surface area contributed by atoms with Crippen LogP contribution in [-0.2, 0) is 4.74 Å². The number of nitrogens with zero attached hydrogens (tertiary/aromatic N) is 1. The molecule has 0 aliphatic rings. The van der Waals surface area contributed by atoms with E-state index in [1.165, 1.54) is 0 Å². The number of ether oxygens (including phenoxy) is 1. The second kappa shape index (κ2) is 8.64. The smallest absolute Gasteiger partial charge is 0.216 e. The first-order valence-corrected chi connectivity index (χ1v) is 6.67. The second-order valence-corrected chi connectivity index (χ2v) is 5.56. The first kappa shape index (κ1) is 17.6. The zero-order valence-corrected chi connectivity index (χ0v) is 12.4. The predicted octanol–water partition coefficient (Wildman–Crippen LogP) is 1.97. The Morgan fingerprint density at radius 1 is 1.33 bits per heavy atom. The van der Waals surface area contributed by atoms with E-state index in [9.17, 15) is 5.11 Å². The van der Waals surface area contributed by atoms with Gasteiger partial charge in [-0.2, -0.15) is 0 Å². The summed E-state index contributed by atoms with van der Waals surface area (Å²) in [6, 6.07) is 0. The van der Waals surface area contributed by atoms with Crippen LogP contribution in [0.2, 0.25) is 0 Å². The van der Waals surface area contributed by atoms with Crippen LogP contribution in [0, 0.1) is 5.92 Å².